The Hall–Kier alpha value is -1.02. The van der Waals surface area contributed by atoms with E-state index in [2.05, 4.69) is 15.2 Å². The lowest BCUT2D eigenvalue weighted by atomic mass is 9.87. The van der Waals surface area contributed by atoms with Gasteiger partial charge in [0, 0.05) is 37.6 Å². The van der Waals surface area contributed by atoms with E-state index in [0.717, 1.165) is 11.8 Å². The maximum atomic E-state index is 11.8. The van der Waals surface area contributed by atoms with Crippen LogP contribution in [-0.4, -0.2) is 53.6 Å². The van der Waals surface area contributed by atoms with Crippen LogP contribution in [0, 0.1) is 5.41 Å². The van der Waals surface area contributed by atoms with Crippen molar-refractivity contribution in [3.05, 3.63) is 0 Å². The van der Waals surface area contributed by atoms with Crippen molar-refractivity contribution < 1.29 is 28.6 Å². The number of carbonyl (C=O) groups excluding carboxylic acids is 3. The Labute approximate surface area is 141 Å². The van der Waals surface area contributed by atoms with Crippen LogP contribution >= 0.6 is 20.4 Å². The normalized spacial score (nSPS) is 12.7. The van der Waals surface area contributed by atoms with Gasteiger partial charge in [0.25, 0.3) is 0 Å². The van der Waals surface area contributed by atoms with Crippen LogP contribution < -0.4 is 10.6 Å². The van der Waals surface area contributed by atoms with Crippen molar-refractivity contribution in [3.63, 3.8) is 0 Å². The lowest BCUT2D eigenvalue weighted by molar-refractivity contribution is -0.136. The number of aliphatic hydroxyl groups is 1. The molecule has 8 nitrogen and oxygen atoms in total. The smallest absolute Gasteiger partial charge is 0.327 e. The summed E-state index contributed by atoms with van der Waals surface area (Å²) in [6, 6.07) is 0. The fourth-order valence-corrected chi connectivity index (χ4v) is 2.37. The van der Waals surface area contributed by atoms with E-state index >= 15 is 0 Å². The highest BCUT2D eigenvalue weighted by atomic mass is 32.2. The number of hydrogen-bond acceptors (Lipinski definition) is 7. The topological polar surface area (TPSA) is 122 Å². The summed E-state index contributed by atoms with van der Waals surface area (Å²) in [6.45, 7) is 5.05. The summed E-state index contributed by atoms with van der Waals surface area (Å²) in [4.78, 5) is 34.0. The molecule has 0 aliphatic rings. The predicted molar refractivity (Wildman–Crippen MR) is 87.1 cm³/mol. The Morgan fingerprint density at radius 2 is 1.91 bits per heavy atom. The molecule has 23 heavy (non-hydrogen) atoms. The first kappa shape index (κ1) is 22.0. The Bertz CT molecular complexity index is 433. The fourth-order valence-electron chi connectivity index (χ4n) is 1.50. The lowest BCUT2D eigenvalue weighted by Crippen LogP contribution is -2.46. The molecular weight excluding hydrogens is 343 g/mol. The molecule has 2 amide bonds. The summed E-state index contributed by atoms with van der Waals surface area (Å²) in [5.41, 5.74) is -0.909. The number of thioether (sulfide) groups is 1. The van der Waals surface area contributed by atoms with Crippen molar-refractivity contribution in [1.82, 2.24) is 10.6 Å². The molecule has 3 N–H and O–H groups in total. The Balaban J connectivity index is 3.98. The Morgan fingerprint density at radius 1 is 1.26 bits per heavy atom. The first-order chi connectivity index (χ1) is 10.7. The van der Waals surface area contributed by atoms with Crippen LogP contribution in [-0.2, 0) is 23.5 Å². The maximum Gasteiger partial charge on any atom is 0.327 e. The van der Waals surface area contributed by atoms with Gasteiger partial charge in [-0.05, 0) is 0 Å². The van der Waals surface area contributed by atoms with E-state index in [1.165, 1.54) is 6.92 Å². The quantitative estimate of drug-likeness (QED) is 0.359. The van der Waals surface area contributed by atoms with Crippen molar-refractivity contribution in [2.45, 2.75) is 33.3 Å². The molecule has 0 fully saturated rings. The zero-order valence-corrected chi connectivity index (χ0v) is 15.2. The number of rotatable bonds is 11. The summed E-state index contributed by atoms with van der Waals surface area (Å²) in [5.74, 6) is -0.378. The third-order valence-electron chi connectivity index (χ3n) is 2.86. The van der Waals surface area contributed by atoms with Gasteiger partial charge in [-0.1, -0.05) is 25.6 Å². The lowest BCUT2D eigenvalue weighted by Gasteiger charge is -2.27. The second kappa shape index (κ2) is 11.5. The van der Waals surface area contributed by atoms with Crippen LogP contribution in [0.1, 0.15) is 27.2 Å². The number of nitrogens with one attached hydrogen (secondary N) is 2. The fraction of sp³-hybridized carbons (Fsp3) is 0.769. The number of amides is 2. The molecule has 0 aromatic carbocycles. The van der Waals surface area contributed by atoms with Gasteiger partial charge in [-0.3, -0.25) is 18.9 Å². The van der Waals surface area contributed by atoms with Crippen LogP contribution in [0.5, 0.6) is 0 Å². The highest BCUT2D eigenvalue weighted by Gasteiger charge is 2.34. The second-order valence-electron chi connectivity index (χ2n) is 5.47. The largest absolute Gasteiger partial charge is 0.383 e. The van der Waals surface area contributed by atoms with E-state index in [4.69, 9.17) is 0 Å². The van der Waals surface area contributed by atoms with E-state index in [0.29, 0.717) is 12.3 Å². The van der Waals surface area contributed by atoms with Crippen molar-refractivity contribution in [2.24, 2.45) is 5.41 Å². The van der Waals surface area contributed by atoms with Gasteiger partial charge in [0.05, 0.1) is 6.61 Å². The summed E-state index contributed by atoms with van der Waals surface area (Å²) < 4.78 is 14.9. The van der Waals surface area contributed by atoms with E-state index in [1.807, 2.05) is 0 Å². The first-order valence-electron chi connectivity index (χ1n) is 7.01. The average molecular weight is 366 g/mol. The average Bonchev–Trinajstić information content (AvgIpc) is 2.48. The molecule has 0 aliphatic carbocycles. The third kappa shape index (κ3) is 10.4. The first-order valence-corrected chi connectivity index (χ1v) is 8.72. The summed E-state index contributed by atoms with van der Waals surface area (Å²) in [6.07, 6.45) is -1.28. The molecule has 0 heterocycles. The molecule has 0 spiro atoms. The molecule has 0 bridgehead atoms. The Morgan fingerprint density at radius 3 is 2.48 bits per heavy atom. The van der Waals surface area contributed by atoms with Crippen LogP contribution in [0.25, 0.3) is 0 Å². The molecule has 10 heteroatoms. The van der Waals surface area contributed by atoms with Gasteiger partial charge in [0.2, 0.25) is 11.8 Å². The van der Waals surface area contributed by atoms with E-state index < -0.39 is 26.1 Å². The molecule has 0 radical (unpaired) electrons. The molecule has 0 aromatic rings. The molecule has 1 atom stereocenters. The molecule has 0 saturated heterocycles. The van der Waals surface area contributed by atoms with Crippen LogP contribution in [0.3, 0.4) is 0 Å². The van der Waals surface area contributed by atoms with Gasteiger partial charge >= 0.3 is 8.69 Å². The monoisotopic (exact) mass is 366 g/mol. The van der Waals surface area contributed by atoms with Crippen molar-refractivity contribution in [1.29, 1.82) is 0 Å². The van der Waals surface area contributed by atoms with Gasteiger partial charge in [-0.25, -0.2) is 4.57 Å². The minimum Gasteiger partial charge on any atom is -0.383 e. The minimum absolute atomic E-state index is 0.0106. The number of carbonyl (C=O) groups is 3. The summed E-state index contributed by atoms with van der Waals surface area (Å²) in [7, 11) is -0.517. The number of aliphatic hydroxyl groups excluding tert-OH is 1. The minimum atomic E-state index is -1.35. The SMILES string of the molecule is CC(=O)SCCNC(=O)CCNC(=O)[C@H](O)C(C)(C)COP=O. The van der Waals surface area contributed by atoms with Gasteiger partial charge in [-0.15, -0.1) is 0 Å². The molecule has 0 aliphatic heterocycles. The van der Waals surface area contributed by atoms with Crippen LogP contribution in [0.2, 0.25) is 0 Å². The molecule has 0 unspecified atom stereocenters. The van der Waals surface area contributed by atoms with Gasteiger partial charge in [0.15, 0.2) is 5.12 Å². The predicted octanol–water partition coefficient (Wildman–Crippen LogP) is 0.499. The Kier molecular flexibility index (Phi) is 11.0. The molecule has 132 valence electrons. The van der Waals surface area contributed by atoms with E-state index in [9.17, 15) is 24.1 Å². The van der Waals surface area contributed by atoms with Crippen LogP contribution in [0.4, 0.5) is 0 Å². The van der Waals surface area contributed by atoms with Crippen molar-refractivity contribution in [2.75, 3.05) is 25.4 Å². The summed E-state index contributed by atoms with van der Waals surface area (Å²) >= 11 is 1.12. The van der Waals surface area contributed by atoms with E-state index in [1.54, 1.807) is 13.8 Å². The van der Waals surface area contributed by atoms with E-state index in [-0.39, 0.29) is 30.6 Å². The van der Waals surface area contributed by atoms with Crippen molar-refractivity contribution in [3.8, 4) is 0 Å². The molecule has 0 aromatic heterocycles. The molecule has 0 saturated carbocycles. The third-order valence-corrected chi connectivity index (χ3v) is 3.91. The van der Waals surface area contributed by atoms with Crippen molar-refractivity contribution >= 4 is 37.4 Å². The number of hydrogen-bond donors (Lipinski definition) is 3. The standard InChI is InChI=1S/C13H23N2O6PS/c1-9(16)23-7-6-14-10(17)4-5-15-12(19)11(18)13(2,3)8-21-22-20/h11,18H,4-8H2,1-3H3,(H,14,17)(H,15,19)/t11-/m0/s1. The second-order valence-corrected chi connectivity index (χ2v) is 7.15. The highest BCUT2D eigenvalue weighted by Crippen LogP contribution is 2.23. The zero-order chi connectivity index (χ0) is 17.9. The summed E-state index contributed by atoms with van der Waals surface area (Å²) in [5, 5.41) is 15.0. The van der Waals surface area contributed by atoms with Crippen LogP contribution in [0.15, 0.2) is 0 Å². The molecule has 0 rings (SSSR count). The highest BCUT2D eigenvalue weighted by molar-refractivity contribution is 8.13. The van der Waals surface area contributed by atoms with Gasteiger partial charge in [-0.2, -0.15) is 0 Å². The zero-order valence-electron chi connectivity index (χ0n) is 13.5. The van der Waals surface area contributed by atoms with Gasteiger partial charge in [0.1, 0.15) is 6.10 Å². The molecular formula is C13H23N2O6PS. The maximum absolute atomic E-state index is 11.8. The van der Waals surface area contributed by atoms with Gasteiger partial charge < -0.3 is 15.7 Å².